The van der Waals surface area contributed by atoms with Gasteiger partial charge in [-0.2, -0.15) is 0 Å². The zero-order valence-corrected chi connectivity index (χ0v) is 12.5. The first-order chi connectivity index (χ1) is 9.74. The fourth-order valence-electron chi connectivity index (χ4n) is 3.75. The van der Waals surface area contributed by atoms with Gasteiger partial charge in [0.25, 0.3) is 0 Å². The highest BCUT2D eigenvalue weighted by atomic mass is 16.2. The fourth-order valence-corrected chi connectivity index (χ4v) is 3.75. The van der Waals surface area contributed by atoms with Crippen LogP contribution in [0.15, 0.2) is 18.2 Å². The lowest BCUT2D eigenvalue weighted by Gasteiger charge is -2.30. The van der Waals surface area contributed by atoms with Gasteiger partial charge in [-0.1, -0.05) is 43.4 Å². The summed E-state index contributed by atoms with van der Waals surface area (Å²) in [5, 5.41) is 0. The lowest BCUT2D eigenvalue weighted by Crippen LogP contribution is -2.35. The molecule has 0 unspecified atom stereocenters. The molecule has 1 aliphatic carbocycles. The van der Waals surface area contributed by atoms with E-state index in [9.17, 15) is 4.79 Å². The van der Waals surface area contributed by atoms with E-state index in [1.54, 1.807) is 0 Å². The van der Waals surface area contributed by atoms with Gasteiger partial charge in [-0.15, -0.1) is 0 Å². The number of rotatable bonds is 3. The summed E-state index contributed by atoms with van der Waals surface area (Å²) in [6.07, 6.45) is 9.45. The van der Waals surface area contributed by atoms with Crippen molar-refractivity contribution in [1.29, 1.82) is 0 Å². The summed E-state index contributed by atoms with van der Waals surface area (Å²) < 4.78 is 0. The Labute approximate surface area is 122 Å². The van der Waals surface area contributed by atoms with Crippen molar-refractivity contribution in [2.24, 2.45) is 5.92 Å². The molecule has 0 spiro atoms. The number of amides is 1. The molecule has 0 aromatic heterocycles. The van der Waals surface area contributed by atoms with Gasteiger partial charge in [0.2, 0.25) is 5.91 Å². The number of benzene rings is 1. The molecule has 1 heterocycles. The van der Waals surface area contributed by atoms with Crippen LogP contribution in [0, 0.1) is 12.8 Å². The maximum absolute atomic E-state index is 12.5. The van der Waals surface area contributed by atoms with Crippen molar-refractivity contribution in [2.75, 3.05) is 11.4 Å². The van der Waals surface area contributed by atoms with Gasteiger partial charge in [0.05, 0.1) is 0 Å². The van der Waals surface area contributed by atoms with E-state index in [-0.39, 0.29) is 0 Å². The Balaban J connectivity index is 1.66. The second-order valence-electron chi connectivity index (χ2n) is 6.47. The van der Waals surface area contributed by atoms with E-state index in [0.29, 0.717) is 5.91 Å². The molecule has 1 aromatic rings. The molecule has 1 fully saturated rings. The standard InChI is InChI=1S/C18H25NO/c1-14-8-10-17-16(13-14)7-4-12-19(17)18(20)11-9-15-5-2-3-6-15/h8,10,13,15H,2-7,9,11-12H2,1H3. The molecule has 1 saturated carbocycles. The van der Waals surface area contributed by atoms with Crippen LogP contribution < -0.4 is 4.90 Å². The van der Waals surface area contributed by atoms with Crippen LogP contribution in [0.5, 0.6) is 0 Å². The lowest BCUT2D eigenvalue weighted by molar-refractivity contribution is -0.119. The predicted octanol–water partition coefficient (Wildman–Crippen LogP) is 4.24. The zero-order valence-electron chi connectivity index (χ0n) is 12.5. The van der Waals surface area contributed by atoms with Gasteiger partial charge in [0.15, 0.2) is 0 Å². The van der Waals surface area contributed by atoms with Crippen molar-refractivity contribution < 1.29 is 4.79 Å². The molecular formula is C18H25NO. The maximum Gasteiger partial charge on any atom is 0.226 e. The van der Waals surface area contributed by atoms with E-state index in [0.717, 1.165) is 38.1 Å². The molecular weight excluding hydrogens is 246 g/mol. The summed E-state index contributed by atoms with van der Waals surface area (Å²) in [6, 6.07) is 6.50. The van der Waals surface area contributed by atoms with E-state index >= 15 is 0 Å². The minimum Gasteiger partial charge on any atom is -0.312 e. The smallest absolute Gasteiger partial charge is 0.226 e. The van der Waals surface area contributed by atoms with Gasteiger partial charge < -0.3 is 4.90 Å². The first kappa shape index (κ1) is 13.7. The number of carbonyl (C=O) groups is 1. The van der Waals surface area contributed by atoms with Gasteiger partial charge in [0.1, 0.15) is 0 Å². The summed E-state index contributed by atoms with van der Waals surface area (Å²) in [6.45, 7) is 3.03. The van der Waals surface area contributed by atoms with Gasteiger partial charge in [-0.3, -0.25) is 4.79 Å². The number of nitrogens with zero attached hydrogens (tertiary/aromatic N) is 1. The minimum atomic E-state index is 0.335. The highest BCUT2D eigenvalue weighted by molar-refractivity contribution is 5.94. The fraction of sp³-hybridized carbons (Fsp3) is 0.611. The third kappa shape index (κ3) is 2.89. The molecule has 3 rings (SSSR count). The first-order valence-corrected chi connectivity index (χ1v) is 8.14. The predicted molar refractivity (Wildman–Crippen MR) is 83.0 cm³/mol. The van der Waals surface area contributed by atoms with Gasteiger partial charge >= 0.3 is 0 Å². The monoisotopic (exact) mass is 271 g/mol. The van der Waals surface area contributed by atoms with E-state index in [2.05, 4.69) is 25.1 Å². The first-order valence-electron chi connectivity index (χ1n) is 8.14. The summed E-state index contributed by atoms with van der Waals surface area (Å²) in [7, 11) is 0. The van der Waals surface area contributed by atoms with Crippen LogP contribution >= 0.6 is 0 Å². The van der Waals surface area contributed by atoms with Crippen LogP contribution in [-0.4, -0.2) is 12.5 Å². The van der Waals surface area contributed by atoms with Crippen LogP contribution in [0.3, 0.4) is 0 Å². The van der Waals surface area contributed by atoms with Crippen molar-refractivity contribution in [3.05, 3.63) is 29.3 Å². The van der Waals surface area contributed by atoms with Crippen molar-refractivity contribution in [3.63, 3.8) is 0 Å². The Morgan fingerprint density at radius 2 is 2.05 bits per heavy atom. The Kier molecular flexibility index (Phi) is 4.09. The number of hydrogen-bond acceptors (Lipinski definition) is 1. The third-order valence-corrected chi connectivity index (χ3v) is 4.90. The Hall–Kier alpha value is -1.31. The molecule has 0 N–H and O–H groups in total. The quantitative estimate of drug-likeness (QED) is 0.805. The molecule has 1 aliphatic heterocycles. The molecule has 0 bridgehead atoms. The molecule has 108 valence electrons. The molecule has 20 heavy (non-hydrogen) atoms. The lowest BCUT2D eigenvalue weighted by atomic mass is 9.97. The highest BCUT2D eigenvalue weighted by Crippen LogP contribution is 2.31. The van der Waals surface area contributed by atoms with Crippen LogP contribution in [0.4, 0.5) is 5.69 Å². The van der Waals surface area contributed by atoms with E-state index < -0.39 is 0 Å². The van der Waals surface area contributed by atoms with Crippen molar-refractivity contribution >= 4 is 11.6 Å². The van der Waals surface area contributed by atoms with Crippen LogP contribution in [-0.2, 0) is 11.2 Å². The zero-order chi connectivity index (χ0) is 13.9. The number of fused-ring (bicyclic) bond motifs is 1. The second-order valence-corrected chi connectivity index (χ2v) is 6.47. The summed E-state index contributed by atoms with van der Waals surface area (Å²) in [5.41, 5.74) is 3.81. The molecule has 2 nitrogen and oxygen atoms in total. The molecule has 2 aliphatic rings. The molecule has 2 heteroatoms. The maximum atomic E-state index is 12.5. The van der Waals surface area contributed by atoms with E-state index in [1.807, 2.05) is 4.90 Å². The van der Waals surface area contributed by atoms with Gasteiger partial charge in [-0.25, -0.2) is 0 Å². The Morgan fingerprint density at radius 3 is 2.85 bits per heavy atom. The summed E-state index contributed by atoms with van der Waals surface area (Å²) in [5.74, 6) is 1.14. The SMILES string of the molecule is Cc1ccc2c(c1)CCCN2C(=O)CCC1CCCC1. The summed E-state index contributed by atoms with van der Waals surface area (Å²) in [4.78, 5) is 14.6. The third-order valence-electron chi connectivity index (χ3n) is 4.90. The van der Waals surface area contributed by atoms with Crippen LogP contribution in [0.2, 0.25) is 0 Å². The Bertz CT molecular complexity index is 488. The molecule has 1 amide bonds. The number of hydrogen-bond donors (Lipinski definition) is 0. The normalized spacial score (nSPS) is 19.1. The molecule has 0 saturated heterocycles. The van der Waals surface area contributed by atoms with Gasteiger partial charge in [-0.05, 0) is 43.7 Å². The van der Waals surface area contributed by atoms with Crippen LogP contribution in [0.25, 0.3) is 0 Å². The largest absolute Gasteiger partial charge is 0.312 e. The van der Waals surface area contributed by atoms with Crippen molar-refractivity contribution in [2.45, 2.75) is 58.3 Å². The summed E-state index contributed by atoms with van der Waals surface area (Å²) >= 11 is 0. The minimum absolute atomic E-state index is 0.335. The second kappa shape index (κ2) is 5.99. The molecule has 0 atom stereocenters. The van der Waals surface area contributed by atoms with E-state index in [4.69, 9.17) is 0 Å². The number of anilines is 1. The number of carbonyl (C=O) groups excluding carboxylic acids is 1. The molecule has 0 radical (unpaired) electrons. The van der Waals surface area contributed by atoms with Crippen LogP contribution in [0.1, 0.15) is 56.1 Å². The van der Waals surface area contributed by atoms with Crippen molar-refractivity contribution in [3.8, 4) is 0 Å². The average Bonchev–Trinajstić information content (AvgIpc) is 2.97. The topological polar surface area (TPSA) is 20.3 Å². The Morgan fingerprint density at radius 1 is 1.25 bits per heavy atom. The van der Waals surface area contributed by atoms with E-state index in [1.165, 1.54) is 42.5 Å². The number of aryl methyl sites for hydroxylation is 2. The van der Waals surface area contributed by atoms with Gasteiger partial charge in [0, 0.05) is 18.7 Å². The molecule has 1 aromatic carbocycles. The average molecular weight is 271 g/mol. The van der Waals surface area contributed by atoms with Crippen molar-refractivity contribution in [1.82, 2.24) is 0 Å². The highest BCUT2D eigenvalue weighted by Gasteiger charge is 2.23.